The molecule has 118 valence electrons. The van der Waals surface area contributed by atoms with Gasteiger partial charge in [0.15, 0.2) is 0 Å². The van der Waals surface area contributed by atoms with Gasteiger partial charge in [-0.3, -0.25) is 0 Å². The van der Waals surface area contributed by atoms with E-state index in [0.29, 0.717) is 19.3 Å². The van der Waals surface area contributed by atoms with Gasteiger partial charge >= 0.3 is 0 Å². The van der Waals surface area contributed by atoms with Crippen LogP contribution in [0.5, 0.6) is 0 Å². The Kier molecular flexibility index (Phi) is 6.99. The van der Waals surface area contributed by atoms with Crippen molar-refractivity contribution in [3.8, 4) is 0 Å². The highest BCUT2D eigenvalue weighted by atomic mass is 79.9. The summed E-state index contributed by atoms with van der Waals surface area (Å²) in [4.78, 5) is 0. The summed E-state index contributed by atoms with van der Waals surface area (Å²) >= 11 is 7.00. The Hall–Kier alpha value is -0.100. The van der Waals surface area contributed by atoms with Crippen molar-refractivity contribution < 1.29 is 9.84 Å². The fraction of sp³-hybridized carbons (Fsp3) is 0.625. The summed E-state index contributed by atoms with van der Waals surface area (Å²) in [5.41, 5.74) is 0.961. The molecule has 3 unspecified atom stereocenters. The Morgan fingerprint density at radius 2 is 2.05 bits per heavy atom. The molecule has 0 saturated heterocycles. The number of rotatable bonds is 6. The van der Waals surface area contributed by atoms with Crippen molar-refractivity contribution in [1.82, 2.24) is 0 Å². The minimum absolute atomic E-state index is 0.318. The molecule has 1 saturated carbocycles. The predicted molar refractivity (Wildman–Crippen MR) is 93.7 cm³/mol. The third-order valence-electron chi connectivity index (χ3n) is 3.89. The van der Waals surface area contributed by atoms with Crippen LogP contribution in [0.15, 0.2) is 27.1 Å². The molecule has 2 N–H and O–H groups in total. The van der Waals surface area contributed by atoms with E-state index >= 15 is 0 Å². The number of hydrogen-bond acceptors (Lipinski definition) is 3. The lowest BCUT2D eigenvalue weighted by molar-refractivity contribution is -0.0274. The molecule has 3 atom stereocenters. The summed E-state index contributed by atoms with van der Waals surface area (Å²) in [6.07, 6.45) is 4.61. The number of anilines is 1. The van der Waals surface area contributed by atoms with E-state index < -0.39 is 6.10 Å². The number of nitrogens with one attached hydrogen (secondary N) is 1. The number of benzene rings is 1. The summed E-state index contributed by atoms with van der Waals surface area (Å²) in [6.45, 7) is 3.15. The first-order valence-electron chi connectivity index (χ1n) is 7.53. The van der Waals surface area contributed by atoms with E-state index in [1.165, 1.54) is 12.8 Å². The van der Waals surface area contributed by atoms with Gasteiger partial charge in [0.1, 0.15) is 0 Å². The predicted octanol–water partition coefficient (Wildman–Crippen LogP) is 4.58. The third kappa shape index (κ3) is 5.55. The lowest BCUT2D eigenvalue weighted by Gasteiger charge is -2.27. The van der Waals surface area contributed by atoms with Gasteiger partial charge in [-0.25, -0.2) is 0 Å². The third-order valence-corrected chi connectivity index (χ3v) is 5.21. The minimum atomic E-state index is -0.499. The minimum Gasteiger partial charge on any atom is -0.389 e. The second-order valence-electron chi connectivity index (χ2n) is 5.86. The lowest BCUT2D eigenvalue weighted by Crippen LogP contribution is -2.30. The van der Waals surface area contributed by atoms with Crippen molar-refractivity contribution in [3.05, 3.63) is 27.1 Å². The van der Waals surface area contributed by atoms with Crippen molar-refractivity contribution >= 4 is 37.5 Å². The van der Waals surface area contributed by atoms with Crippen LogP contribution in [0.1, 0.15) is 32.6 Å². The number of hydrogen-bond donors (Lipinski definition) is 2. The number of ether oxygens (including phenoxy) is 1. The standard InChI is InChI=1S/C16H23Br2NO2/c1-11-4-2-5-13(8-11)21-10-12(20)9-19-16-14(17)6-3-7-15(16)18/h3,6-7,11-13,19-20H,2,4-5,8-10H2,1H3. The normalized spacial score (nSPS) is 23.8. The highest BCUT2D eigenvalue weighted by molar-refractivity contribution is 9.11. The van der Waals surface area contributed by atoms with Crippen molar-refractivity contribution in [2.45, 2.75) is 44.8 Å². The Labute approximate surface area is 143 Å². The Balaban J connectivity index is 1.73. The fourth-order valence-electron chi connectivity index (χ4n) is 2.72. The average Bonchev–Trinajstić information content (AvgIpc) is 2.45. The Morgan fingerprint density at radius 1 is 1.33 bits per heavy atom. The SMILES string of the molecule is CC1CCCC(OCC(O)CNc2c(Br)cccc2Br)C1. The largest absolute Gasteiger partial charge is 0.389 e. The van der Waals surface area contributed by atoms with E-state index in [1.54, 1.807) is 0 Å². The van der Waals surface area contributed by atoms with Crippen molar-refractivity contribution in [3.63, 3.8) is 0 Å². The first kappa shape index (κ1) is 17.3. The molecule has 0 bridgehead atoms. The van der Waals surface area contributed by atoms with Crippen LogP contribution in [-0.4, -0.2) is 30.5 Å². The van der Waals surface area contributed by atoms with Gasteiger partial charge in [0, 0.05) is 15.5 Å². The van der Waals surface area contributed by atoms with E-state index in [-0.39, 0.29) is 0 Å². The topological polar surface area (TPSA) is 41.5 Å². The van der Waals surface area contributed by atoms with Crippen LogP contribution in [0.25, 0.3) is 0 Å². The smallest absolute Gasteiger partial charge is 0.0945 e. The van der Waals surface area contributed by atoms with E-state index in [1.807, 2.05) is 18.2 Å². The molecular formula is C16H23Br2NO2. The quantitative estimate of drug-likeness (QED) is 0.707. The fourth-order valence-corrected chi connectivity index (χ4v) is 4.00. The van der Waals surface area contributed by atoms with Crippen molar-refractivity contribution in [1.29, 1.82) is 0 Å². The van der Waals surface area contributed by atoms with Crippen LogP contribution in [-0.2, 0) is 4.74 Å². The van der Waals surface area contributed by atoms with E-state index in [2.05, 4.69) is 44.1 Å². The van der Waals surface area contributed by atoms with Gasteiger partial charge in [0.25, 0.3) is 0 Å². The molecule has 3 nitrogen and oxygen atoms in total. The summed E-state index contributed by atoms with van der Waals surface area (Å²) in [5, 5.41) is 13.3. The van der Waals surface area contributed by atoms with Crippen LogP contribution < -0.4 is 5.32 Å². The van der Waals surface area contributed by atoms with E-state index in [9.17, 15) is 5.11 Å². The summed E-state index contributed by atoms with van der Waals surface area (Å²) < 4.78 is 7.81. The summed E-state index contributed by atoms with van der Waals surface area (Å²) in [5.74, 6) is 0.746. The number of para-hydroxylation sites is 1. The zero-order valence-electron chi connectivity index (χ0n) is 12.3. The van der Waals surface area contributed by atoms with Crippen LogP contribution in [0.4, 0.5) is 5.69 Å². The van der Waals surface area contributed by atoms with Gasteiger partial charge in [-0.2, -0.15) is 0 Å². The molecule has 21 heavy (non-hydrogen) atoms. The second-order valence-corrected chi connectivity index (χ2v) is 7.57. The molecule has 1 aromatic carbocycles. The Morgan fingerprint density at radius 3 is 2.71 bits per heavy atom. The molecule has 1 aliphatic carbocycles. The maximum Gasteiger partial charge on any atom is 0.0945 e. The van der Waals surface area contributed by atoms with Gasteiger partial charge in [-0.1, -0.05) is 25.8 Å². The maximum atomic E-state index is 10.1. The summed E-state index contributed by atoms with van der Waals surface area (Å²) in [7, 11) is 0. The lowest BCUT2D eigenvalue weighted by atomic mass is 9.89. The summed E-state index contributed by atoms with van der Waals surface area (Å²) in [6, 6.07) is 5.90. The highest BCUT2D eigenvalue weighted by Gasteiger charge is 2.20. The monoisotopic (exact) mass is 419 g/mol. The highest BCUT2D eigenvalue weighted by Crippen LogP contribution is 2.30. The zero-order chi connectivity index (χ0) is 15.2. The molecule has 0 spiro atoms. The molecule has 0 amide bonds. The first-order valence-corrected chi connectivity index (χ1v) is 9.12. The van der Waals surface area contributed by atoms with Crippen LogP contribution in [0, 0.1) is 5.92 Å². The molecule has 1 fully saturated rings. The average molecular weight is 421 g/mol. The molecule has 0 aliphatic heterocycles. The van der Waals surface area contributed by atoms with Crippen molar-refractivity contribution in [2.24, 2.45) is 5.92 Å². The molecular weight excluding hydrogens is 398 g/mol. The van der Waals surface area contributed by atoms with Crippen molar-refractivity contribution in [2.75, 3.05) is 18.5 Å². The van der Waals surface area contributed by atoms with Gasteiger partial charge in [0.05, 0.1) is 24.5 Å². The Bertz CT molecular complexity index is 436. The molecule has 1 aromatic rings. The number of aliphatic hydroxyl groups excluding tert-OH is 1. The van der Waals surface area contributed by atoms with Crippen LogP contribution >= 0.6 is 31.9 Å². The number of halogens is 2. The maximum absolute atomic E-state index is 10.1. The molecule has 0 radical (unpaired) electrons. The molecule has 5 heteroatoms. The van der Waals surface area contributed by atoms with E-state index in [4.69, 9.17) is 4.74 Å². The second kappa shape index (κ2) is 8.51. The molecule has 0 heterocycles. The van der Waals surface area contributed by atoms with Crippen LogP contribution in [0.2, 0.25) is 0 Å². The van der Waals surface area contributed by atoms with E-state index in [0.717, 1.165) is 33.4 Å². The van der Waals surface area contributed by atoms with Gasteiger partial charge in [0.2, 0.25) is 0 Å². The first-order chi connectivity index (χ1) is 10.1. The van der Waals surface area contributed by atoms with Gasteiger partial charge < -0.3 is 15.2 Å². The zero-order valence-corrected chi connectivity index (χ0v) is 15.5. The van der Waals surface area contributed by atoms with Gasteiger partial charge in [-0.15, -0.1) is 0 Å². The van der Waals surface area contributed by atoms with Crippen LogP contribution in [0.3, 0.4) is 0 Å². The van der Waals surface area contributed by atoms with Gasteiger partial charge in [-0.05, 0) is 62.8 Å². The molecule has 1 aliphatic rings. The molecule has 2 rings (SSSR count). The molecule has 0 aromatic heterocycles. The number of aliphatic hydroxyl groups is 1.